The maximum Gasteiger partial charge on any atom is 0.303 e. The van der Waals surface area contributed by atoms with Gasteiger partial charge in [-0.2, -0.15) is 0 Å². The van der Waals surface area contributed by atoms with Crippen LogP contribution in [0, 0.1) is 0 Å². The Morgan fingerprint density at radius 3 is 2.67 bits per heavy atom. The van der Waals surface area contributed by atoms with Crippen molar-refractivity contribution in [2.45, 2.75) is 19.3 Å². The van der Waals surface area contributed by atoms with Gasteiger partial charge in [0.2, 0.25) is 5.91 Å². The predicted molar refractivity (Wildman–Crippen MR) is 110 cm³/mol. The zero-order valence-corrected chi connectivity index (χ0v) is 16.2. The number of hydrogen-bond acceptors (Lipinski definition) is 5. The molecule has 1 aliphatic rings. The van der Waals surface area contributed by atoms with Gasteiger partial charge in [-0.3, -0.25) is 19.3 Å². The van der Waals surface area contributed by atoms with Crippen LogP contribution in [-0.2, 0) is 14.4 Å². The lowest BCUT2D eigenvalue weighted by atomic mass is 10.2. The summed E-state index contributed by atoms with van der Waals surface area (Å²) in [5.74, 6) is -1.33. The summed E-state index contributed by atoms with van der Waals surface area (Å²) in [6, 6.07) is 9.73. The summed E-state index contributed by atoms with van der Waals surface area (Å²) < 4.78 is 0.429. The number of nitrogens with zero attached hydrogens (tertiary/aromatic N) is 1. The van der Waals surface area contributed by atoms with Crippen LogP contribution in [0.1, 0.15) is 24.8 Å². The van der Waals surface area contributed by atoms with Crippen LogP contribution in [0.25, 0.3) is 6.08 Å². The molecule has 1 fully saturated rings. The molecule has 0 atom stereocenters. The number of rotatable bonds is 9. The van der Waals surface area contributed by atoms with Crippen molar-refractivity contribution < 1.29 is 19.5 Å². The molecule has 0 unspecified atom stereocenters. The molecule has 1 aromatic carbocycles. The second-order valence-corrected chi connectivity index (χ2v) is 7.40. The maximum absolute atomic E-state index is 12.4. The number of thioether (sulfide) groups is 1. The van der Waals surface area contributed by atoms with E-state index >= 15 is 0 Å². The standard InChI is InChI=1S/C19H20N2O4S2/c22-16(20-12-5-10-17(23)24)11-13-21-18(25)15(27-19(21)26)9-4-8-14-6-2-1-3-7-14/h1-4,6-9H,5,10-13H2,(H,20,22)(H,23,24). The number of aliphatic carboxylic acids is 1. The second kappa shape index (κ2) is 10.6. The van der Waals surface area contributed by atoms with E-state index in [1.807, 2.05) is 36.4 Å². The minimum atomic E-state index is -0.894. The molecule has 0 spiro atoms. The first kappa shape index (κ1) is 20.9. The van der Waals surface area contributed by atoms with Crippen molar-refractivity contribution >= 4 is 52.2 Å². The first-order valence-corrected chi connectivity index (χ1v) is 9.65. The zero-order chi connectivity index (χ0) is 19.6. The summed E-state index contributed by atoms with van der Waals surface area (Å²) in [6.07, 6.45) is 5.92. The second-order valence-electron chi connectivity index (χ2n) is 5.72. The number of allylic oxidation sites excluding steroid dienone is 2. The van der Waals surface area contributed by atoms with Crippen LogP contribution in [0.15, 0.2) is 47.4 Å². The molecular weight excluding hydrogens is 384 g/mol. The molecule has 0 aliphatic carbocycles. The fourth-order valence-electron chi connectivity index (χ4n) is 2.29. The van der Waals surface area contributed by atoms with Crippen molar-refractivity contribution in [1.29, 1.82) is 0 Å². The molecule has 1 saturated heterocycles. The lowest BCUT2D eigenvalue weighted by molar-refractivity contribution is -0.137. The van der Waals surface area contributed by atoms with E-state index in [1.54, 1.807) is 12.2 Å². The number of carbonyl (C=O) groups excluding carboxylic acids is 2. The van der Waals surface area contributed by atoms with Gasteiger partial charge in [0.05, 0.1) is 4.91 Å². The molecule has 27 heavy (non-hydrogen) atoms. The number of amides is 2. The summed E-state index contributed by atoms with van der Waals surface area (Å²) in [4.78, 5) is 36.6. The topological polar surface area (TPSA) is 86.7 Å². The van der Waals surface area contributed by atoms with Crippen LogP contribution in [0.3, 0.4) is 0 Å². The lowest BCUT2D eigenvalue weighted by Gasteiger charge is -2.14. The van der Waals surface area contributed by atoms with Crippen LogP contribution >= 0.6 is 24.0 Å². The van der Waals surface area contributed by atoms with E-state index in [1.165, 1.54) is 16.7 Å². The van der Waals surface area contributed by atoms with Crippen molar-refractivity contribution in [3.63, 3.8) is 0 Å². The van der Waals surface area contributed by atoms with E-state index in [9.17, 15) is 14.4 Å². The first-order chi connectivity index (χ1) is 13.0. The number of carbonyl (C=O) groups is 3. The fourth-order valence-corrected chi connectivity index (χ4v) is 3.55. The smallest absolute Gasteiger partial charge is 0.303 e. The molecule has 0 bridgehead atoms. The first-order valence-electron chi connectivity index (χ1n) is 8.43. The maximum atomic E-state index is 12.4. The highest BCUT2D eigenvalue weighted by Gasteiger charge is 2.31. The van der Waals surface area contributed by atoms with Gasteiger partial charge in [-0.15, -0.1) is 0 Å². The molecule has 1 aromatic rings. The van der Waals surface area contributed by atoms with Gasteiger partial charge in [0.25, 0.3) is 5.91 Å². The van der Waals surface area contributed by atoms with E-state index in [4.69, 9.17) is 17.3 Å². The monoisotopic (exact) mass is 404 g/mol. The predicted octanol–water partition coefficient (Wildman–Crippen LogP) is 2.82. The molecule has 0 saturated carbocycles. The minimum Gasteiger partial charge on any atom is -0.481 e. The Morgan fingerprint density at radius 1 is 1.22 bits per heavy atom. The molecule has 1 heterocycles. The van der Waals surface area contributed by atoms with Crippen molar-refractivity contribution in [3.05, 3.63) is 53.0 Å². The lowest BCUT2D eigenvalue weighted by Crippen LogP contribution is -2.33. The van der Waals surface area contributed by atoms with Crippen LogP contribution in [0.5, 0.6) is 0 Å². The molecule has 8 heteroatoms. The quantitative estimate of drug-likeness (QED) is 0.374. The highest BCUT2D eigenvalue weighted by atomic mass is 32.2. The number of benzene rings is 1. The number of thiocarbonyl (C=S) groups is 1. The molecular formula is C19H20N2O4S2. The SMILES string of the molecule is O=C(O)CCCNC(=O)CCN1C(=O)C(=CC=Cc2ccccc2)SC1=S. The highest BCUT2D eigenvalue weighted by molar-refractivity contribution is 8.26. The van der Waals surface area contributed by atoms with E-state index in [2.05, 4.69) is 5.32 Å². The number of hydrogen-bond donors (Lipinski definition) is 2. The summed E-state index contributed by atoms with van der Waals surface area (Å²) in [6.45, 7) is 0.503. The molecule has 6 nitrogen and oxygen atoms in total. The number of nitrogens with one attached hydrogen (secondary N) is 1. The van der Waals surface area contributed by atoms with Gasteiger partial charge in [-0.1, -0.05) is 66.5 Å². The molecule has 2 rings (SSSR count). The average Bonchev–Trinajstić information content (AvgIpc) is 2.91. The highest BCUT2D eigenvalue weighted by Crippen LogP contribution is 2.31. The summed E-state index contributed by atoms with van der Waals surface area (Å²) in [5, 5.41) is 11.2. The normalized spacial score (nSPS) is 15.7. The van der Waals surface area contributed by atoms with Crippen LogP contribution in [0.2, 0.25) is 0 Å². The van der Waals surface area contributed by atoms with Crippen LogP contribution in [0.4, 0.5) is 0 Å². The van der Waals surface area contributed by atoms with Gasteiger partial charge in [0, 0.05) is 25.9 Å². The van der Waals surface area contributed by atoms with Gasteiger partial charge in [0.1, 0.15) is 4.32 Å². The van der Waals surface area contributed by atoms with Gasteiger partial charge in [-0.25, -0.2) is 0 Å². The van der Waals surface area contributed by atoms with Crippen molar-refractivity contribution in [2.75, 3.05) is 13.1 Å². The van der Waals surface area contributed by atoms with Crippen molar-refractivity contribution in [3.8, 4) is 0 Å². The van der Waals surface area contributed by atoms with Gasteiger partial charge < -0.3 is 10.4 Å². The number of carboxylic acids is 1. The van der Waals surface area contributed by atoms with Gasteiger partial charge in [0.15, 0.2) is 0 Å². The van der Waals surface area contributed by atoms with Crippen LogP contribution in [-0.4, -0.2) is 45.2 Å². The van der Waals surface area contributed by atoms with Gasteiger partial charge in [-0.05, 0) is 18.1 Å². The summed E-state index contributed by atoms with van der Waals surface area (Å²) in [7, 11) is 0. The Balaban J connectivity index is 1.81. The van der Waals surface area contributed by atoms with E-state index in [-0.39, 0.29) is 31.2 Å². The van der Waals surface area contributed by atoms with Crippen molar-refractivity contribution in [2.24, 2.45) is 0 Å². The Labute approximate surface area is 167 Å². The van der Waals surface area contributed by atoms with E-state index in [0.717, 1.165) is 5.56 Å². The third-order valence-electron chi connectivity index (χ3n) is 3.66. The van der Waals surface area contributed by atoms with E-state index < -0.39 is 5.97 Å². The fraction of sp³-hybridized carbons (Fsp3) is 0.263. The molecule has 1 aliphatic heterocycles. The Hall–Kier alpha value is -2.45. The van der Waals surface area contributed by atoms with Crippen molar-refractivity contribution in [1.82, 2.24) is 10.2 Å². The largest absolute Gasteiger partial charge is 0.481 e. The zero-order valence-electron chi connectivity index (χ0n) is 14.6. The van der Waals surface area contributed by atoms with Crippen LogP contribution < -0.4 is 5.32 Å². The molecule has 2 amide bonds. The summed E-state index contributed by atoms with van der Waals surface area (Å²) in [5.41, 5.74) is 1.03. The minimum absolute atomic E-state index is 0.0102. The third-order valence-corrected chi connectivity index (χ3v) is 5.06. The molecule has 0 aromatic heterocycles. The average molecular weight is 405 g/mol. The van der Waals surface area contributed by atoms with E-state index in [0.29, 0.717) is 22.2 Å². The Morgan fingerprint density at radius 2 is 1.96 bits per heavy atom. The Kier molecular flexibility index (Phi) is 8.22. The summed E-state index contributed by atoms with van der Waals surface area (Å²) >= 11 is 6.45. The number of carboxylic acid groups (broad SMARTS) is 1. The third kappa shape index (κ3) is 6.99. The molecule has 142 valence electrons. The molecule has 0 radical (unpaired) electrons. The molecule has 2 N–H and O–H groups in total. The van der Waals surface area contributed by atoms with Gasteiger partial charge >= 0.3 is 5.97 Å². The Bertz CT molecular complexity index is 775.